The van der Waals surface area contributed by atoms with E-state index in [1.54, 1.807) is 0 Å². The van der Waals surface area contributed by atoms with Gasteiger partial charge in [0.15, 0.2) is 0 Å². The van der Waals surface area contributed by atoms with Crippen molar-refractivity contribution in [1.82, 2.24) is 5.32 Å². The number of carbonyl (C=O) groups excluding carboxylic acids is 1. The summed E-state index contributed by atoms with van der Waals surface area (Å²) in [6, 6.07) is 0. The molecule has 4 nitrogen and oxygen atoms in total. The Morgan fingerprint density at radius 1 is 1.22 bits per heavy atom. The van der Waals surface area contributed by atoms with Crippen LogP contribution in [0.4, 0.5) is 0 Å². The van der Waals surface area contributed by atoms with Crippen LogP contribution in [0.25, 0.3) is 0 Å². The number of nitrogens with one attached hydrogen (secondary N) is 1. The number of thioether (sulfide) groups is 2. The summed E-state index contributed by atoms with van der Waals surface area (Å²) in [5.74, 6) is 2.82. The van der Waals surface area contributed by atoms with Crippen LogP contribution in [-0.4, -0.2) is 46.0 Å². The number of hydrogen-bond donors (Lipinski definition) is 2. The molecule has 2 N–H and O–H groups in total. The zero-order valence-corrected chi connectivity index (χ0v) is 12.2. The maximum Gasteiger partial charge on any atom is 0.303 e. The molecule has 0 aliphatic carbocycles. The molecule has 0 spiro atoms. The lowest BCUT2D eigenvalue weighted by molar-refractivity contribution is -0.137. The van der Waals surface area contributed by atoms with Gasteiger partial charge in [-0.1, -0.05) is 6.42 Å². The fraction of sp³-hybridized carbons (Fsp3) is 0.833. The van der Waals surface area contributed by atoms with Crippen molar-refractivity contribution in [2.24, 2.45) is 0 Å². The molecule has 1 saturated heterocycles. The zero-order chi connectivity index (χ0) is 13.2. The fourth-order valence-corrected chi connectivity index (χ4v) is 4.42. The van der Waals surface area contributed by atoms with E-state index < -0.39 is 5.97 Å². The molecule has 1 rings (SSSR count). The van der Waals surface area contributed by atoms with Crippen LogP contribution in [0.5, 0.6) is 0 Å². The lowest BCUT2D eigenvalue weighted by atomic mass is 10.2. The summed E-state index contributed by atoms with van der Waals surface area (Å²) in [5.41, 5.74) is 0. The average Bonchev–Trinajstić information content (AvgIpc) is 2.34. The van der Waals surface area contributed by atoms with Crippen molar-refractivity contribution in [2.45, 2.75) is 37.4 Å². The van der Waals surface area contributed by atoms with E-state index in [9.17, 15) is 9.59 Å². The summed E-state index contributed by atoms with van der Waals surface area (Å²) in [6.07, 6.45) is 3.27. The first kappa shape index (κ1) is 15.7. The molecule has 0 radical (unpaired) electrons. The van der Waals surface area contributed by atoms with Gasteiger partial charge < -0.3 is 10.4 Å². The molecule has 0 aromatic rings. The number of carbonyl (C=O) groups is 2. The minimum atomic E-state index is -0.745. The third-order valence-corrected chi connectivity index (χ3v) is 5.53. The quantitative estimate of drug-likeness (QED) is 0.669. The second-order valence-corrected chi connectivity index (χ2v) is 6.88. The molecule has 18 heavy (non-hydrogen) atoms. The van der Waals surface area contributed by atoms with Crippen LogP contribution in [0.2, 0.25) is 0 Å². The van der Waals surface area contributed by atoms with E-state index in [1.807, 2.05) is 23.5 Å². The zero-order valence-electron chi connectivity index (χ0n) is 10.5. The van der Waals surface area contributed by atoms with Gasteiger partial charge in [0.2, 0.25) is 5.91 Å². The predicted octanol–water partition coefficient (Wildman–Crippen LogP) is 1.99. The van der Waals surface area contributed by atoms with Gasteiger partial charge in [-0.3, -0.25) is 9.59 Å². The van der Waals surface area contributed by atoms with E-state index in [2.05, 4.69) is 5.32 Å². The summed E-state index contributed by atoms with van der Waals surface area (Å²) in [5, 5.41) is 11.8. The van der Waals surface area contributed by atoms with Crippen molar-refractivity contribution in [3.8, 4) is 0 Å². The van der Waals surface area contributed by atoms with E-state index in [4.69, 9.17) is 5.11 Å². The Labute approximate surface area is 117 Å². The number of aliphatic carboxylic acids is 1. The van der Waals surface area contributed by atoms with Crippen LogP contribution in [0, 0.1) is 0 Å². The molecule has 1 aliphatic rings. The van der Waals surface area contributed by atoms with Crippen LogP contribution in [0.1, 0.15) is 32.1 Å². The standard InChI is InChI=1S/C12H21NO3S2/c14-11(8-10-9-17-6-7-18-10)13-5-3-1-2-4-12(15)16/h10H,1-9H2,(H,13,14)(H,15,16). The SMILES string of the molecule is O=C(O)CCCCCNC(=O)CC1CSCCS1. The summed E-state index contributed by atoms with van der Waals surface area (Å²) in [4.78, 5) is 21.9. The van der Waals surface area contributed by atoms with Crippen molar-refractivity contribution in [3.05, 3.63) is 0 Å². The maximum absolute atomic E-state index is 11.6. The molecule has 1 heterocycles. The van der Waals surface area contributed by atoms with Crippen LogP contribution in [-0.2, 0) is 9.59 Å². The lowest BCUT2D eigenvalue weighted by Crippen LogP contribution is -2.29. The highest BCUT2D eigenvalue weighted by Crippen LogP contribution is 2.26. The first-order valence-electron chi connectivity index (χ1n) is 6.36. The molecule has 0 saturated carbocycles. The van der Waals surface area contributed by atoms with Gasteiger partial charge in [0.05, 0.1) is 0 Å². The molecule has 1 aliphatic heterocycles. The highest BCUT2D eigenvalue weighted by Gasteiger charge is 2.17. The Balaban J connectivity index is 1.94. The van der Waals surface area contributed by atoms with Gasteiger partial charge in [-0.15, -0.1) is 0 Å². The average molecular weight is 291 g/mol. The molecule has 104 valence electrons. The first-order valence-corrected chi connectivity index (χ1v) is 8.56. The molecule has 1 fully saturated rings. The summed E-state index contributed by atoms with van der Waals surface area (Å²) in [7, 11) is 0. The van der Waals surface area contributed by atoms with E-state index in [0.717, 1.165) is 24.3 Å². The van der Waals surface area contributed by atoms with Crippen molar-refractivity contribution < 1.29 is 14.7 Å². The molecule has 0 bridgehead atoms. The number of carboxylic acids is 1. The summed E-state index contributed by atoms with van der Waals surface area (Å²) in [6.45, 7) is 0.670. The van der Waals surface area contributed by atoms with E-state index >= 15 is 0 Å². The van der Waals surface area contributed by atoms with Crippen molar-refractivity contribution >= 4 is 35.4 Å². The molecule has 0 aromatic heterocycles. The number of amides is 1. The van der Waals surface area contributed by atoms with E-state index in [0.29, 0.717) is 24.6 Å². The highest BCUT2D eigenvalue weighted by molar-refractivity contribution is 8.06. The Morgan fingerprint density at radius 3 is 2.72 bits per heavy atom. The monoisotopic (exact) mass is 291 g/mol. The van der Waals surface area contributed by atoms with Crippen LogP contribution < -0.4 is 5.32 Å². The number of rotatable bonds is 8. The van der Waals surface area contributed by atoms with Gasteiger partial charge in [0.25, 0.3) is 0 Å². The molecular formula is C12H21NO3S2. The smallest absolute Gasteiger partial charge is 0.303 e. The maximum atomic E-state index is 11.6. The molecule has 6 heteroatoms. The van der Waals surface area contributed by atoms with E-state index in [1.165, 1.54) is 5.75 Å². The molecule has 1 atom stereocenters. The first-order chi connectivity index (χ1) is 8.68. The topological polar surface area (TPSA) is 66.4 Å². The molecule has 0 aromatic carbocycles. The number of carboxylic acid groups (broad SMARTS) is 1. The van der Waals surface area contributed by atoms with Crippen molar-refractivity contribution in [2.75, 3.05) is 23.8 Å². The molecule has 1 unspecified atom stereocenters. The summed E-state index contributed by atoms with van der Waals surface area (Å²) >= 11 is 3.82. The Kier molecular flexibility index (Phi) is 8.33. The highest BCUT2D eigenvalue weighted by atomic mass is 32.2. The van der Waals surface area contributed by atoms with Crippen molar-refractivity contribution in [3.63, 3.8) is 0 Å². The van der Waals surface area contributed by atoms with Crippen LogP contribution >= 0.6 is 23.5 Å². The van der Waals surface area contributed by atoms with Gasteiger partial charge in [0.1, 0.15) is 0 Å². The second kappa shape index (κ2) is 9.55. The Bertz CT molecular complexity index is 268. The largest absolute Gasteiger partial charge is 0.481 e. The Morgan fingerprint density at radius 2 is 2.06 bits per heavy atom. The normalized spacial score (nSPS) is 19.4. The van der Waals surface area contributed by atoms with Crippen molar-refractivity contribution in [1.29, 1.82) is 0 Å². The molecular weight excluding hydrogens is 270 g/mol. The minimum absolute atomic E-state index is 0.133. The molecule has 1 amide bonds. The Hall–Kier alpha value is -0.360. The van der Waals surface area contributed by atoms with Crippen LogP contribution in [0.15, 0.2) is 0 Å². The van der Waals surface area contributed by atoms with Gasteiger partial charge >= 0.3 is 5.97 Å². The minimum Gasteiger partial charge on any atom is -0.481 e. The fourth-order valence-electron chi connectivity index (χ4n) is 1.74. The van der Waals surface area contributed by atoms with Gasteiger partial charge in [0, 0.05) is 41.9 Å². The summed E-state index contributed by atoms with van der Waals surface area (Å²) < 4.78 is 0. The lowest BCUT2D eigenvalue weighted by Gasteiger charge is -2.20. The third kappa shape index (κ3) is 7.87. The number of hydrogen-bond acceptors (Lipinski definition) is 4. The van der Waals surface area contributed by atoms with Gasteiger partial charge in [-0.2, -0.15) is 23.5 Å². The predicted molar refractivity (Wildman–Crippen MR) is 77.3 cm³/mol. The third-order valence-electron chi connectivity index (χ3n) is 2.69. The number of unbranched alkanes of at least 4 members (excludes halogenated alkanes) is 2. The van der Waals surface area contributed by atoms with Gasteiger partial charge in [-0.25, -0.2) is 0 Å². The van der Waals surface area contributed by atoms with Gasteiger partial charge in [-0.05, 0) is 12.8 Å². The van der Waals surface area contributed by atoms with Crippen LogP contribution in [0.3, 0.4) is 0 Å². The van der Waals surface area contributed by atoms with E-state index in [-0.39, 0.29) is 12.3 Å². The second-order valence-electron chi connectivity index (χ2n) is 4.33.